The number of rotatable bonds is 6. The van der Waals surface area contributed by atoms with Crippen molar-refractivity contribution in [2.75, 3.05) is 32.1 Å². The number of hydrogen-bond acceptors (Lipinski definition) is 7. The Hall–Kier alpha value is -3.75. The number of hydrogen-bond donors (Lipinski definition) is 0. The summed E-state index contributed by atoms with van der Waals surface area (Å²) in [5, 5.41) is 11.2. The van der Waals surface area contributed by atoms with Gasteiger partial charge >= 0.3 is 5.97 Å². The topological polar surface area (TPSA) is 110 Å². The standard InChI is InChI=1S/C19H17N3O6/c1-20(2)15-8-7-12(11-16(15)22(26)27)19(25)28-10-9-21-17(23)13-5-3-4-6-14(13)18(21)24/h3-8,11H,9-10H2,1-2H3. The molecular weight excluding hydrogens is 366 g/mol. The summed E-state index contributed by atoms with van der Waals surface area (Å²) in [6, 6.07) is 10.5. The molecule has 1 heterocycles. The van der Waals surface area contributed by atoms with E-state index in [9.17, 15) is 24.5 Å². The van der Waals surface area contributed by atoms with Crippen LogP contribution in [0.1, 0.15) is 31.1 Å². The summed E-state index contributed by atoms with van der Waals surface area (Å²) in [4.78, 5) is 49.9. The first kappa shape index (κ1) is 19.0. The Bertz CT molecular complexity index is 950. The van der Waals surface area contributed by atoms with Gasteiger partial charge in [0.25, 0.3) is 17.5 Å². The van der Waals surface area contributed by atoms with Crippen molar-refractivity contribution in [3.05, 3.63) is 69.3 Å². The second-order valence-electron chi connectivity index (χ2n) is 6.30. The van der Waals surface area contributed by atoms with Gasteiger partial charge in [-0.1, -0.05) is 12.1 Å². The zero-order valence-electron chi connectivity index (χ0n) is 15.2. The van der Waals surface area contributed by atoms with Crippen LogP contribution in [-0.2, 0) is 4.74 Å². The molecule has 9 heteroatoms. The molecule has 2 aromatic rings. The summed E-state index contributed by atoms with van der Waals surface area (Å²) in [7, 11) is 3.31. The summed E-state index contributed by atoms with van der Waals surface area (Å²) in [6.07, 6.45) is 0. The van der Waals surface area contributed by atoms with Crippen molar-refractivity contribution in [1.29, 1.82) is 0 Å². The first-order valence-electron chi connectivity index (χ1n) is 8.39. The molecule has 1 aliphatic heterocycles. The maximum absolute atomic E-state index is 12.3. The maximum Gasteiger partial charge on any atom is 0.338 e. The fourth-order valence-electron chi connectivity index (χ4n) is 2.93. The van der Waals surface area contributed by atoms with Gasteiger partial charge in [0, 0.05) is 20.2 Å². The van der Waals surface area contributed by atoms with E-state index in [1.165, 1.54) is 12.1 Å². The molecule has 0 radical (unpaired) electrons. The Morgan fingerprint density at radius 1 is 1.11 bits per heavy atom. The van der Waals surface area contributed by atoms with Gasteiger partial charge in [0.2, 0.25) is 0 Å². The minimum atomic E-state index is -0.773. The Labute approximate surface area is 160 Å². The molecule has 0 spiro atoms. The number of imide groups is 1. The number of benzene rings is 2. The van der Waals surface area contributed by atoms with Crippen LogP contribution >= 0.6 is 0 Å². The smallest absolute Gasteiger partial charge is 0.338 e. The molecule has 2 amide bonds. The second kappa shape index (κ2) is 7.47. The molecule has 2 aromatic carbocycles. The predicted octanol–water partition coefficient (Wildman–Crippen LogP) is 2.11. The molecule has 0 bridgehead atoms. The van der Waals surface area contributed by atoms with E-state index in [1.54, 1.807) is 43.3 Å². The quantitative estimate of drug-likeness (QED) is 0.325. The van der Waals surface area contributed by atoms with Crippen LogP contribution in [0.3, 0.4) is 0 Å². The van der Waals surface area contributed by atoms with Gasteiger partial charge in [0.1, 0.15) is 12.3 Å². The fraction of sp³-hybridized carbons (Fsp3) is 0.211. The fourth-order valence-corrected chi connectivity index (χ4v) is 2.93. The van der Waals surface area contributed by atoms with Crippen LogP contribution in [0.4, 0.5) is 11.4 Å². The third-order valence-corrected chi connectivity index (χ3v) is 4.32. The van der Waals surface area contributed by atoms with E-state index in [0.29, 0.717) is 16.8 Å². The number of carbonyl (C=O) groups excluding carboxylic acids is 3. The van der Waals surface area contributed by atoms with Crippen molar-refractivity contribution in [2.45, 2.75) is 0 Å². The largest absolute Gasteiger partial charge is 0.460 e. The van der Waals surface area contributed by atoms with Gasteiger partial charge in [0.15, 0.2) is 0 Å². The molecular formula is C19H17N3O6. The number of carbonyl (C=O) groups is 3. The predicted molar refractivity (Wildman–Crippen MR) is 99.5 cm³/mol. The highest BCUT2D eigenvalue weighted by Gasteiger charge is 2.34. The summed E-state index contributed by atoms with van der Waals surface area (Å²) in [5.74, 6) is -1.66. The van der Waals surface area contributed by atoms with E-state index in [1.807, 2.05) is 0 Å². The Morgan fingerprint density at radius 2 is 1.71 bits per heavy atom. The van der Waals surface area contributed by atoms with Crippen molar-refractivity contribution in [2.24, 2.45) is 0 Å². The number of fused-ring (bicyclic) bond motifs is 1. The van der Waals surface area contributed by atoms with Crippen molar-refractivity contribution < 1.29 is 24.0 Å². The Morgan fingerprint density at radius 3 is 2.25 bits per heavy atom. The molecule has 0 fully saturated rings. The summed E-state index contributed by atoms with van der Waals surface area (Å²) >= 11 is 0. The second-order valence-corrected chi connectivity index (χ2v) is 6.30. The van der Waals surface area contributed by atoms with Crippen molar-refractivity contribution in [3.8, 4) is 0 Å². The van der Waals surface area contributed by atoms with E-state index >= 15 is 0 Å². The third kappa shape index (κ3) is 3.41. The molecule has 1 aliphatic rings. The van der Waals surface area contributed by atoms with Crippen LogP contribution in [0.5, 0.6) is 0 Å². The minimum Gasteiger partial charge on any atom is -0.460 e. The average Bonchev–Trinajstić information content (AvgIpc) is 2.92. The van der Waals surface area contributed by atoms with Crippen LogP contribution < -0.4 is 4.90 Å². The van der Waals surface area contributed by atoms with Gasteiger partial charge in [-0.15, -0.1) is 0 Å². The van der Waals surface area contributed by atoms with Crippen LogP contribution in [0, 0.1) is 10.1 Å². The van der Waals surface area contributed by atoms with E-state index in [4.69, 9.17) is 4.74 Å². The molecule has 0 saturated carbocycles. The highest BCUT2D eigenvalue weighted by molar-refractivity contribution is 6.21. The van der Waals surface area contributed by atoms with E-state index in [-0.39, 0.29) is 24.4 Å². The highest BCUT2D eigenvalue weighted by Crippen LogP contribution is 2.28. The van der Waals surface area contributed by atoms with Gasteiger partial charge in [-0.05, 0) is 24.3 Å². The van der Waals surface area contributed by atoms with Gasteiger partial charge in [-0.2, -0.15) is 0 Å². The molecule has 0 aliphatic carbocycles. The number of anilines is 1. The zero-order valence-corrected chi connectivity index (χ0v) is 15.2. The van der Waals surface area contributed by atoms with Crippen LogP contribution in [0.2, 0.25) is 0 Å². The number of nitro benzene ring substituents is 1. The van der Waals surface area contributed by atoms with Gasteiger partial charge in [0.05, 0.1) is 28.2 Å². The Kier molecular flexibility index (Phi) is 5.08. The van der Waals surface area contributed by atoms with Crippen LogP contribution in [-0.4, -0.2) is 54.9 Å². The molecule has 144 valence electrons. The minimum absolute atomic E-state index is 0.0136. The Balaban J connectivity index is 1.66. The normalized spacial score (nSPS) is 12.7. The van der Waals surface area contributed by atoms with Gasteiger partial charge in [-0.25, -0.2) is 4.79 Å². The van der Waals surface area contributed by atoms with E-state index < -0.39 is 22.7 Å². The number of nitrogens with zero attached hydrogens (tertiary/aromatic N) is 3. The van der Waals surface area contributed by atoms with E-state index in [2.05, 4.69) is 0 Å². The molecule has 3 rings (SSSR count). The lowest BCUT2D eigenvalue weighted by Gasteiger charge is -2.15. The lowest BCUT2D eigenvalue weighted by Crippen LogP contribution is -2.33. The molecule has 28 heavy (non-hydrogen) atoms. The summed E-state index contributed by atoms with van der Waals surface area (Å²) in [5.41, 5.74) is 0.773. The zero-order chi connectivity index (χ0) is 20.4. The van der Waals surface area contributed by atoms with E-state index in [0.717, 1.165) is 11.0 Å². The number of esters is 1. The van der Waals surface area contributed by atoms with Crippen LogP contribution in [0.25, 0.3) is 0 Å². The van der Waals surface area contributed by atoms with Gasteiger partial charge < -0.3 is 9.64 Å². The highest BCUT2D eigenvalue weighted by atomic mass is 16.6. The van der Waals surface area contributed by atoms with Crippen molar-refractivity contribution in [3.63, 3.8) is 0 Å². The van der Waals surface area contributed by atoms with Gasteiger partial charge in [-0.3, -0.25) is 24.6 Å². The summed E-state index contributed by atoms with van der Waals surface area (Å²) in [6.45, 7) is -0.316. The lowest BCUT2D eigenvalue weighted by atomic mass is 10.1. The SMILES string of the molecule is CN(C)c1ccc(C(=O)OCCN2C(=O)c3ccccc3C2=O)cc1[N+](=O)[O-]. The average molecular weight is 383 g/mol. The van der Waals surface area contributed by atoms with Crippen LogP contribution in [0.15, 0.2) is 42.5 Å². The number of nitro groups is 1. The first-order chi connectivity index (χ1) is 13.3. The first-order valence-corrected chi connectivity index (χ1v) is 8.39. The number of amides is 2. The van der Waals surface area contributed by atoms with Crippen molar-refractivity contribution in [1.82, 2.24) is 4.90 Å². The molecule has 0 N–H and O–H groups in total. The molecule has 0 aromatic heterocycles. The molecule has 0 saturated heterocycles. The summed E-state index contributed by atoms with van der Waals surface area (Å²) < 4.78 is 5.10. The third-order valence-electron chi connectivity index (χ3n) is 4.32. The van der Waals surface area contributed by atoms with Crippen molar-refractivity contribution >= 4 is 29.2 Å². The number of ether oxygens (including phenoxy) is 1. The monoisotopic (exact) mass is 383 g/mol. The molecule has 0 atom stereocenters. The maximum atomic E-state index is 12.3. The molecule has 9 nitrogen and oxygen atoms in total. The lowest BCUT2D eigenvalue weighted by molar-refractivity contribution is -0.384. The molecule has 0 unspecified atom stereocenters.